The molecule has 0 amide bonds. The predicted octanol–water partition coefficient (Wildman–Crippen LogP) is 8.55. The number of hydrogen-bond donors (Lipinski definition) is 1. The smallest absolute Gasteiger partial charge is 0.174 e. The summed E-state index contributed by atoms with van der Waals surface area (Å²) in [4.78, 5) is 10.2. The van der Waals surface area contributed by atoms with Crippen molar-refractivity contribution in [2.24, 2.45) is 5.92 Å². The van der Waals surface area contributed by atoms with Gasteiger partial charge in [0.1, 0.15) is 11.8 Å². The van der Waals surface area contributed by atoms with Crippen LogP contribution in [0, 0.1) is 5.92 Å². The number of anilines is 2. The second kappa shape index (κ2) is 11.4. The number of pyridine rings is 1. The first-order valence-electron chi connectivity index (χ1n) is 13.0. The highest BCUT2D eigenvalue weighted by Crippen LogP contribution is 2.45. The fraction of sp³-hybridized carbons (Fsp3) is 0.267. The first-order chi connectivity index (χ1) is 19.0. The van der Waals surface area contributed by atoms with Gasteiger partial charge >= 0.3 is 0 Å². The van der Waals surface area contributed by atoms with Crippen LogP contribution < -0.4 is 15.1 Å². The van der Waals surface area contributed by atoms with Crippen LogP contribution in [0.1, 0.15) is 43.3 Å². The minimum Gasteiger partial charge on any atom is -0.452 e. The van der Waals surface area contributed by atoms with Crippen LogP contribution in [-0.2, 0) is 0 Å². The number of rotatable bonds is 6. The zero-order chi connectivity index (χ0) is 26.9. The molecule has 9 heteroatoms. The Morgan fingerprint density at radius 2 is 1.79 bits per heavy atom. The average Bonchev–Trinajstić information content (AvgIpc) is 3.55. The molecule has 0 saturated carbocycles. The minimum absolute atomic E-state index is 0.194. The summed E-state index contributed by atoms with van der Waals surface area (Å²) < 4.78 is 6.43. The Kier molecular flexibility index (Phi) is 7.76. The van der Waals surface area contributed by atoms with E-state index in [0.717, 1.165) is 56.8 Å². The Labute approximate surface area is 248 Å². The number of aromatic nitrogens is 1. The van der Waals surface area contributed by atoms with Crippen molar-refractivity contribution in [3.63, 3.8) is 0 Å². The third-order valence-corrected chi connectivity index (χ3v) is 9.16. The molecule has 0 unspecified atom stereocenters. The molecule has 39 heavy (non-hydrogen) atoms. The number of halogens is 2. The van der Waals surface area contributed by atoms with E-state index in [1.807, 2.05) is 60.7 Å². The van der Waals surface area contributed by atoms with Gasteiger partial charge in [0, 0.05) is 34.9 Å². The van der Waals surface area contributed by atoms with Crippen molar-refractivity contribution in [1.29, 1.82) is 0 Å². The summed E-state index contributed by atoms with van der Waals surface area (Å²) in [7, 11) is 0. The largest absolute Gasteiger partial charge is 0.452 e. The van der Waals surface area contributed by atoms with Crippen molar-refractivity contribution in [3.05, 3.63) is 100 Å². The Morgan fingerprint density at radius 3 is 2.51 bits per heavy atom. The first kappa shape index (κ1) is 26.5. The number of nitrogens with one attached hydrogen (secondary N) is 1. The lowest BCUT2D eigenvalue weighted by Crippen LogP contribution is -2.33. The minimum atomic E-state index is -0.246. The molecule has 4 heterocycles. The molecular weight excluding hydrogens is 567 g/mol. The van der Waals surface area contributed by atoms with Crippen LogP contribution in [0.2, 0.25) is 10.0 Å². The summed E-state index contributed by atoms with van der Waals surface area (Å²) in [5, 5.41) is 6.32. The predicted molar refractivity (Wildman–Crippen MR) is 164 cm³/mol. The summed E-state index contributed by atoms with van der Waals surface area (Å²) in [5.41, 5.74) is 2.88. The highest BCUT2D eigenvalue weighted by molar-refractivity contribution is 7.99. The second-order valence-corrected chi connectivity index (χ2v) is 12.3. The highest BCUT2D eigenvalue weighted by atomic mass is 35.5. The molecule has 2 fully saturated rings. The SMILES string of the molecule is CC1CCN(c2ccc(N3C(=S)N[C@@H](c4ccccn4)[C@@H]3c3ccc(Sc4ccc(Cl)cc4)o3)cc2Cl)CC1. The Morgan fingerprint density at radius 1 is 1.00 bits per heavy atom. The molecule has 2 aromatic heterocycles. The van der Waals surface area contributed by atoms with Crippen molar-refractivity contribution in [2.45, 2.75) is 41.8 Å². The van der Waals surface area contributed by atoms with Crippen molar-refractivity contribution in [1.82, 2.24) is 10.3 Å². The topological polar surface area (TPSA) is 44.5 Å². The summed E-state index contributed by atoms with van der Waals surface area (Å²) in [6, 6.07) is 23.5. The van der Waals surface area contributed by atoms with Crippen molar-refractivity contribution in [2.75, 3.05) is 22.9 Å². The van der Waals surface area contributed by atoms with Gasteiger partial charge in [0.2, 0.25) is 0 Å². The van der Waals surface area contributed by atoms with E-state index in [2.05, 4.69) is 39.2 Å². The molecule has 2 saturated heterocycles. The van der Waals surface area contributed by atoms with E-state index in [9.17, 15) is 0 Å². The molecule has 2 aliphatic rings. The van der Waals surface area contributed by atoms with Gasteiger partial charge in [0.05, 0.1) is 22.4 Å². The Hall–Kier alpha value is -2.71. The lowest BCUT2D eigenvalue weighted by molar-refractivity contribution is 0.383. The molecule has 2 atom stereocenters. The van der Waals surface area contributed by atoms with Crippen LogP contribution in [0.25, 0.3) is 0 Å². The van der Waals surface area contributed by atoms with Gasteiger partial charge in [-0.05, 0) is 97.7 Å². The molecule has 4 aromatic rings. The molecule has 0 spiro atoms. The first-order valence-corrected chi connectivity index (χ1v) is 15.0. The fourth-order valence-corrected chi connectivity index (χ4v) is 6.79. The van der Waals surface area contributed by atoms with Gasteiger partial charge in [-0.2, -0.15) is 0 Å². The van der Waals surface area contributed by atoms with Crippen molar-refractivity contribution >= 4 is 63.7 Å². The van der Waals surface area contributed by atoms with Gasteiger partial charge < -0.3 is 19.5 Å². The standard InChI is InChI=1S/C30H28Cl2N4OS2/c1-19-13-16-35(17-14-19)25-10-7-21(18-23(25)32)36-29(28(34-30(36)38)24-4-2-3-15-33-24)26-11-12-27(37-26)39-22-8-5-20(31)6-9-22/h2-12,15,18-19,28-29H,13-14,16-17H2,1H3,(H,34,38)/t28-,29-/m0/s1. The van der Waals surface area contributed by atoms with Gasteiger partial charge in [-0.3, -0.25) is 4.98 Å². The molecule has 6 rings (SSSR count). The summed E-state index contributed by atoms with van der Waals surface area (Å²) in [6.07, 6.45) is 4.16. The monoisotopic (exact) mass is 594 g/mol. The van der Waals surface area contributed by atoms with E-state index in [1.165, 1.54) is 12.8 Å². The van der Waals surface area contributed by atoms with Gasteiger partial charge in [0.15, 0.2) is 10.2 Å². The molecule has 0 aliphatic carbocycles. The van der Waals surface area contributed by atoms with E-state index in [1.54, 1.807) is 18.0 Å². The van der Waals surface area contributed by atoms with Crippen LogP contribution >= 0.6 is 47.2 Å². The third-order valence-electron chi connectivity index (χ3n) is 7.36. The number of hydrogen-bond acceptors (Lipinski definition) is 5. The van der Waals surface area contributed by atoms with Gasteiger partial charge in [0.25, 0.3) is 0 Å². The molecule has 2 aromatic carbocycles. The number of benzene rings is 2. The molecule has 2 aliphatic heterocycles. The summed E-state index contributed by atoms with van der Waals surface area (Å²) >= 11 is 20.4. The Bertz CT molecular complexity index is 1460. The van der Waals surface area contributed by atoms with E-state index in [0.29, 0.717) is 10.1 Å². The van der Waals surface area contributed by atoms with Gasteiger partial charge in [-0.25, -0.2) is 0 Å². The molecule has 1 N–H and O–H groups in total. The third kappa shape index (κ3) is 5.64. The number of nitrogens with zero attached hydrogens (tertiary/aromatic N) is 3. The summed E-state index contributed by atoms with van der Waals surface area (Å²) in [5.74, 6) is 1.55. The van der Waals surface area contributed by atoms with E-state index in [-0.39, 0.29) is 12.1 Å². The Balaban J connectivity index is 1.33. The van der Waals surface area contributed by atoms with Crippen molar-refractivity contribution in [3.8, 4) is 0 Å². The maximum atomic E-state index is 6.90. The molecule has 5 nitrogen and oxygen atoms in total. The lowest BCUT2D eigenvalue weighted by atomic mass is 9.98. The molecule has 0 radical (unpaired) electrons. The van der Waals surface area contributed by atoms with E-state index < -0.39 is 0 Å². The molecular formula is C30H28Cl2N4OS2. The van der Waals surface area contributed by atoms with Crippen molar-refractivity contribution < 1.29 is 4.42 Å². The summed E-state index contributed by atoms with van der Waals surface area (Å²) in [6.45, 7) is 4.36. The molecule has 200 valence electrons. The van der Waals surface area contributed by atoms with Gasteiger partial charge in [-0.1, -0.05) is 48.0 Å². The maximum Gasteiger partial charge on any atom is 0.174 e. The lowest BCUT2D eigenvalue weighted by Gasteiger charge is -2.33. The maximum absolute atomic E-state index is 6.90. The van der Waals surface area contributed by atoms with Gasteiger partial charge in [-0.15, -0.1) is 0 Å². The van der Waals surface area contributed by atoms with Crippen LogP contribution in [0.4, 0.5) is 11.4 Å². The van der Waals surface area contributed by atoms with E-state index in [4.69, 9.17) is 39.8 Å². The fourth-order valence-electron chi connectivity index (χ4n) is 5.24. The normalized spacial score (nSPS) is 19.9. The zero-order valence-corrected chi connectivity index (χ0v) is 24.5. The van der Waals surface area contributed by atoms with Crippen LogP contribution in [0.3, 0.4) is 0 Å². The molecule has 0 bridgehead atoms. The van der Waals surface area contributed by atoms with Crippen LogP contribution in [-0.4, -0.2) is 23.2 Å². The van der Waals surface area contributed by atoms with E-state index >= 15 is 0 Å². The number of thiocarbonyl (C=S) groups is 1. The zero-order valence-electron chi connectivity index (χ0n) is 21.4. The van der Waals surface area contributed by atoms with Crippen LogP contribution in [0.5, 0.6) is 0 Å². The second-order valence-electron chi connectivity index (χ2n) is 10.0. The number of piperidine rings is 1. The number of furan rings is 1. The highest BCUT2D eigenvalue weighted by Gasteiger charge is 2.42. The quantitative estimate of drug-likeness (QED) is 0.224. The average molecular weight is 596 g/mol. The van der Waals surface area contributed by atoms with Crippen LogP contribution in [0.15, 0.2) is 93.4 Å².